The minimum absolute atomic E-state index is 0.0412. The highest BCUT2D eigenvalue weighted by Gasteiger charge is 2.40. The van der Waals surface area contributed by atoms with E-state index in [1.165, 1.54) is 24.3 Å². The topological polar surface area (TPSA) is 101 Å². The summed E-state index contributed by atoms with van der Waals surface area (Å²) in [5, 5.41) is 15.6. The van der Waals surface area contributed by atoms with Crippen molar-refractivity contribution in [3.8, 4) is 34.0 Å². The van der Waals surface area contributed by atoms with Gasteiger partial charge in [0.05, 0.1) is 29.0 Å². The number of hydrogen-bond donors (Lipinski definition) is 1. The van der Waals surface area contributed by atoms with Crippen molar-refractivity contribution in [2.45, 2.75) is 6.04 Å². The van der Waals surface area contributed by atoms with Crippen molar-refractivity contribution < 1.29 is 23.8 Å². The van der Waals surface area contributed by atoms with Crippen LogP contribution in [0.25, 0.3) is 33.4 Å². The van der Waals surface area contributed by atoms with Crippen LogP contribution in [-0.2, 0) is 11.8 Å². The van der Waals surface area contributed by atoms with Gasteiger partial charge in [0.1, 0.15) is 34.5 Å². The molecule has 0 radical (unpaired) electrons. The van der Waals surface area contributed by atoms with E-state index in [-0.39, 0.29) is 70.5 Å². The molecule has 1 unspecified atom stereocenters. The molecule has 1 saturated heterocycles. The number of para-hydroxylation sites is 1. The predicted octanol–water partition coefficient (Wildman–Crippen LogP) is 4.03. The average Bonchev–Trinajstić information content (AvgIpc) is 3.25. The van der Waals surface area contributed by atoms with Crippen molar-refractivity contribution in [1.29, 1.82) is 0 Å². The lowest BCUT2D eigenvalue weighted by Gasteiger charge is -2.39. The lowest BCUT2D eigenvalue weighted by atomic mass is 9.98. The third-order valence-corrected chi connectivity index (χ3v) is 7.55. The number of halogens is 2. The predicted molar refractivity (Wildman–Crippen MR) is 143 cm³/mol. The van der Waals surface area contributed by atoms with Crippen molar-refractivity contribution in [3.63, 3.8) is 0 Å². The molecular weight excluding hydrogens is 525 g/mol. The summed E-state index contributed by atoms with van der Waals surface area (Å²) >= 11 is 6.80. The maximum absolute atomic E-state index is 15.1. The molecule has 2 aliphatic heterocycles. The van der Waals surface area contributed by atoms with E-state index in [4.69, 9.17) is 21.3 Å². The van der Waals surface area contributed by atoms with E-state index in [0.29, 0.717) is 17.6 Å². The molecule has 9 nitrogen and oxygen atoms in total. The average molecular weight is 548 g/mol. The van der Waals surface area contributed by atoms with Gasteiger partial charge in [-0.1, -0.05) is 42.4 Å². The van der Waals surface area contributed by atoms with Gasteiger partial charge in [-0.3, -0.25) is 14.3 Å². The number of amides is 2. The van der Waals surface area contributed by atoms with E-state index < -0.39 is 11.9 Å². The molecule has 0 aliphatic carbocycles. The molecule has 6 rings (SSSR count). The number of aromatic nitrogens is 3. The van der Waals surface area contributed by atoms with Crippen molar-refractivity contribution in [2.75, 3.05) is 26.2 Å². The summed E-state index contributed by atoms with van der Waals surface area (Å²) in [5.74, 6) is -1.65. The lowest BCUT2D eigenvalue weighted by molar-refractivity contribution is -0.128. The Kier molecular flexibility index (Phi) is 5.99. The van der Waals surface area contributed by atoms with Gasteiger partial charge in [-0.25, -0.2) is 9.37 Å². The Morgan fingerprint density at radius 1 is 1.21 bits per heavy atom. The Balaban J connectivity index is 1.61. The largest absolute Gasteiger partial charge is 0.507 e. The first-order valence-corrected chi connectivity index (χ1v) is 12.7. The zero-order valence-corrected chi connectivity index (χ0v) is 21.7. The molecule has 1 fully saturated rings. The minimum atomic E-state index is -0.731. The van der Waals surface area contributed by atoms with Gasteiger partial charge in [-0.15, -0.1) is 0 Å². The van der Waals surface area contributed by atoms with Crippen LogP contribution in [0, 0.1) is 5.82 Å². The second-order valence-electron chi connectivity index (χ2n) is 9.42. The molecule has 1 N–H and O–H groups in total. The van der Waals surface area contributed by atoms with Gasteiger partial charge in [0.25, 0.3) is 5.91 Å². The summed E-state index contributed by atoms with van der Waals surface area (Å²) in [6, 6.07) is 8.93. The zero-order chi connectivity index (χ0) is 27.4. The van der Waals surface area contributed by atoms with Crippen LogP contribution in [0.5, 0.6) is 11.5 Å². The highest BCUT2D eigenvalue weighted by atomic mass is 35.5. The number of ether oxygens (including phenoxy) is 1. The van der Waals surface area contributed by atoms with E-state index >= 15 is 4.39 Å². The van der Waals surface area contributed by atoms with Crippen molar-refractivity contribution in [1.82, 2.24) is 24.6 Å². The Morgan fingerprint density at radius 2 is 2.00 bits per heavy atom. The van der Waals surface area contributed by atoms with E-state index in [2.05, 4.69) is 11.7 Å². The molecule has 2 aromatic heterocycles. The van der Waals surface area contributed by atoms with Crippen molar-refractivity contribution in [3.05, 3.63) is 71.7 Å². The maximum atomic E-state index is 15.1. The third-order valence-electron chi connectivity index (χ3n) is 7.20. The highest BCUT2D eigenvalue weighted by Crippen LogP contribution is 2.46. The van der Waals surface area contributed by atoms with Gasteiger partial charge < -0.3 is 19.6 Å². The van der Waals surface area contributed by atoms with Crippen LogP contribution in [-0.4, -0.2) is 73.8 Å². The summed E-state index contributed by atoms with van der Waals surface area (Å²) < 4.78 is 22.9. The maximum Gasteiger partial charge on any atom is 0.260 e. The SMILES string of the molecule is C=CC(=O)N1CCN2C(=O)c3c(-c4cccc5cnn(C)c45)nc(-c4c(O)cccc4F)c(Cl)c3OCC2C1. The van der Waals surface area contributed by atoms with Gasteiger partial charge in [0.15, 0.2) is 5.75 Å². The molecular formula is C28H23ClFN5O4. The Morgan fingerprint density at radius 3 is 2.77 bits per heavy atom. The van der Waals surface area contributed by atoms with Crippen LogP contribution in [0.15, 0.2) is 55.3 Å². The van der Waals surface area contributed by atoms with Gasteiger partial charge >= 0.3 is 0 Å². The number of fused-ring (bicyclic) bond motifs is 3. The van der Waals surface area contributed by atoms with Gasteiger partial charge in [0.2, 0.25) is 5.91 Å². The molecule has 2 amide bonds. The number of phenolic OH excluding ortho intramolecular Hbond substituents is 1. The van der Waals surface area contributed by atoms with Crippen LogP contribution in [0.1, 0.15) is 10.4 Å². The fraction of sp³-hybridized carbons (Fsp3) is 0.214. The molecule has 0 bridgehead atoms. The van der Waals surface area contributed by atoms with Crippen molar-refractivity contribution >= 4 is 34.3 Å². The number of aromatic hydroxyl groups is 1. The summed E-state index contributed by atoms with van der Waals surface area (Å²) in [4.78, 5) is 34.5. The smallest absolute Gasteiger partial charge is 0.260 e. The summed E-state index contributed by atoms with van der Waals surface area (Å²) in [6.45, 7) is 4.46. The normalized spacial score (nSPS) is 16.9. The summed E-state index contributed by atoms with van der Waals surface area (Å²) in [5.41, 5.74) is 1.35. The molecule has 4 heterocycles. The van der Waals surface area contributed by atoms with E-state index in [1.807, 2.05) is 12.1 Å². The number of carbonyl (C=O) groups excluding carboxylic acids is 2. The number of nitrogens with zero attached hydrogens (tertiary/aromatic N) is 5. The molecule has 0 saturated carbocycles. The van der Waals surface area contributed by atoms with E-state index in [9.17, 15) is 14.7 Å². The van der Waals surface area contributed by atoms with Gasteiger partial charge in [-0.2, -0.15) is 5.10 Å². The second-order valence-corrected chi connectivity index (χ2v) is 9.80. The van der Waals surface area contributed by atoms with E-state index in [1.54, 1.807) is 33.8 Å². The van der Waals surface area contributed by atoms with Crippen molar-refractivity contribution in [2.24, 2.45) is 7.05 Å². The van der Waals surface area contributed by atoms with Crippen LogP contribution in [0.2, 0.25) is 5.02 Å². The fourth-order valence-corrected chi connectivity index (χ4v) is 5.61. The van der Waals surface area contributed by atoms with Crippen LogP contribution >= 0.6 is 11.6 Å². The second kappa shape index (κ2) is 9.39. The molecule has 198 valence electrons. The monoisotopic (exact) mass is 547 g/mol. The first-order valence-electron chi connectivity index (χ1n) is 12.3. The molecule has 1 atom stereocenters. The van der Waals surface area contributed by atoms with Gasteiger partial charge in [-0.05, 0) is 18.2 Å². The summed E-state index contributed by atoms with van der Waals surface area (Å²) in [7, 11) is 1.77. The third kappa shape index (κ3) is 3.90. The Hall–Kier alpha value is -4.44. The zero-order valence-electron chi connectivity index (χ0n) is 20.9. The first kappa shape index (κ1) is 24.9. The first-order chi connectivity index (χ1) is 18.8. The number of carbonyl (C=O) groups is 2. The lowest BCUT2D eigenvalue weighted by Crippen LogP contribution is -2.57. The standard InChI is InChI=1S/C28H23ClFN5O4/c1-3-20(37)34-10-11-35-16(13-34)14-39-27-22(28(35)38)24(17-7-4-6-15-12-31-33(2)26(15)17)32-25(23(27)29)21-18(30)8-5-9-19(21)36/h3-9,12,16,36H,1,10-11,13-14H2,2H3. The number of hydrogen-bond acceptors (Lipinski definition) is 6. The van der Waals surface area contributed by atoms with Crippen LogP contribution in [0.4, 0.5) is 4.39 Å². The number of aryl methyl sites for hydroxylation is 1. The molecule has 39 heavy (non-hydrogen) atoms. The molecule has 4 aromatic rings. The van der Waals surface area contributed by atoms with Crippen LogP contribution in [0.3, 0.4) is 0 Å². The van der Waals surface area contributed by atoms with Crippen LogP contribution < -0.4 is 4.74 Å². The number of pyridine rings is 1. The molecule has 11 heteroatoms. The summed E-state index contributed by atoms with van der Waals surface area (Å²) in [6.07, 6.45) is 2.94. The highest BCUT2D eigenvalue weighted by molar-refractivity contribution is 6.35. The fourth-order valence-electron chi connectivity index (χ4n) is 5.33. The Labute approximate surface area is 227 Å². The number of piperazine rings is 1. The Bertz CT molecular complexity index is 1670. The minimum Gasteiger partial charge on any atom is -0.507 e. The number of phenols is 1. The molecule has 0 spiro atoms. The molecule has 2 aromatic carbocycles. The van der Waals surface area contributed by atoms with E-state index in [0.717, 1.165) is 5.39 Å². The molecule has 2 aliphatic rings. The quantitative estimate of drug-likeness (QED) is 0.389. The van der Waals surface area contributed by atoms with Gasteiger partial charge in [0, 0.05) is 37.6 Å². The number of benzene rings is 2. The number of rotatable bonds is 3.